The molecule has 2 aliphatic heterocycles. The molecule has 2 aromatic carbocycles. The molecule has 2 aromatic heterocycles. The molecule has 0 spiro atoms. The van der Waals surface area contributed by atoms with Crippen LogP contribution < -0.4 is 20.3 Å². The molecule has 0 radical (unpaired) electrons. The Balaban J connectivity index is 1.18. The van der Waals surface area contributed by atoms with Crippen LogP contribution >= 0.6 is 23.4 Å². The van der Waals surface area contributed by atoms with E-state index < -0.39 is 41.6 Å². The number of anilines is 2. The Morgan fingerprint density at radius 2 is 1.67 bits per heavy atom. The van der Waals surface area contributed by atoms with Gasteiger partial charge in [0.05, 0.1) is 47.5 Å². The third kappa shape index (κ3) is 11.0. The van der Waals surface area contributed by atoms with Gasteiger partial charge in [0, 0.05) is 48.4 Å². The summed E-state index contributed by atoms with van der Waals surface area (Å²) >= 11 is 8.22. The number of ether oxygens (including phenoxy) is 2. The van der Waals surface area contributed by atoms with Crippen LogP contribution in [0.3, 0.4) is 0 Å². The molecular formula is C44H52ClF3N8O6S. The molecule has 63 heavy (non-hydrogen) atoms. The van der Waals surface area contributed by atoms with Crippen LogP contribution in [0.5, 0.6) is 5.75 Å². The van der Waals surface area contributed by atoms with Gasteiger partial charge in [0.25, 0.3) is 5.91 Å². The highest BCUT2D eigenvalue weighted by molar-refractivity contribution is 7.99. The van der Waals surface area contributed by atoms with E-state index in [-0.39, 0.29) is 45.2 Å². The number of nitrogens with one attached hydrogen (secondary N) is 3. The Morgan fingerprint density at radius 3 is 2.25 bits per heavy atom. The zero-order valence-electron chi connectivity index (χ0n) is 36.3. The number of H-pyrrole nitrogens is 1. The normalized spacial score (nSPS) is 18.6. The Kier molecular flexibility index (Phi) is 14.2. The van der Waals surface area contributed by atoms with Crippen molar-refractivity contribution in [2.24, 2.45) is 11.3 Å². The number of nitrogens with zero attached hydrogens (tertiary/aromatic N) is 5. The van der Waals surface area contributed by atoms with Crippen molar-refractivity contribution in [1.82, 2.24) is 30.1 Å². The van der Waals surface area contributed by atoms with Crippen molar-refractivity contribution in [2.75, 3.05) is 49.8 Å². The van der Waals surface area contributed by atoms with E-state index in [0.717, 1.165) is 6.07 Å². The molecule has 338 valence electrons. The highest BCUT2D eigenvalue weighted by Crippen LogP contribution is 2.40. The molecule has 2 saturated heterocycles. The monoisotopic (exact) mass is 912 g/mol. The smallest absolute Gasteiger partial charge is 0.453 e. The number of methoxy groups -OCH3 is 1. The third-order valence-corrected chi connectivity index (χ3v) is 12.4. The van der Waals surface area contributed by atoms with Crippen LogP contribution in [0.4, 0.5) is 29.5 Å². The number of alkyl carbamates (subject to hydrolysis) is 1. The van der Waals surface area contributed by atoms with Crippen LogP contribution in [-0.2, 0) is 14.3 Å². The molecular weight excluding hydrogens is 861 g/mol. The molecule has 0 saturated carbocycles. The number of pyridine rings is 1. The first-order valence-electron chi connectivity index (χ1n) is 20.4. The Morgan fingerprint density at radius 1 is 0.968 bits per heavy atom. The zero-order valence-corrected chi connectivity index (χ0v) is 37.9. The lowest BCUT2D eigenvalue weighted by Crippen LogP contribution is -2.56. The molecule has 14 nitrogen and oxygen atoms in total. The van der Waals surface area contributed by atoms with Crippen molar-refractivity contribution < 1.29 is 41.8 Å². The van der Waals surface area contributed by atoms with Gasteiger partial charge in [-0.25, -0.2) is 14.8 Å². The summed E-state index contributed by atoms with van der Waals surface area (Å²) in [7, 11) is 1.24. The number of aromatic amines is 1. The number of aromatic nitrogens is 3. The summed E-state index contributed by atoms with van der Waals surface area (Å²) in [5, 5.41) is 5.34. The van der Waals surface area contributed by atoms with Crippen molar-refractivity contribution in [3.8, 4) is 28.1 Å². The fraction of sp³-hybridized carbons (Fsp3) is 0.455. The summed E-state index contributed by atoms with van der Waals surface area (Å²) in [6.45, 7) is 13.4. The highest BCUT2D eigenvalue weighted by atomic mass is 35.5. The number of piperazine rings is 1. The summed E-state index contributed by atoms with van der Waals surface area (Å²) in [6.07, 6.45) is -0.116. The molecule has 0 bridgehead atoms. The van der Waals surface area contributed by atoms with Crippen LogP contribution in [0.25, 0.3) is 22.4 Å². The van der Waals surface area contributed by atoms with Gasteiger partial charge < -0.3 is 39.8 Å². The SMILES string of the molecule is COC(=O)N[C@H](C(=O)N1C[C@@H](SC)C[C@H]1c1ncc(-c2ccc(-c3cc(Cl)c(C(=O)Nc4ccc(N5CCN(C(=O)C(C)(C)C)C[C@H]5C)nc4)cc3OC(F)(F)F)cc2)[nH]1)C(C)C. The molecule has 4 heterocycles. The minimum absolute atomic E-state index is 0.00125. The number of likely N-dealkylation sites (tertiary alicyclic amines) is 1. The number of hydrogen-bond donors (Lipinski definition) is 3. The predicted molar refractivity (Wildman–Crippen MR) is 237 cm³/mol. The van der Waals surface area contributed by atoms with Crippen molar-refractivity contribution in [1.29, 1.82) is 0 Å². The van der Waals surface area contributed by atoms with Gasteiger partial charge in [-0.1, -0.05) is 70.5 Å². The highest BCUT2D eigenvalue weighted by Gasteiger charge is 2.41. The van der Waals surface area contributed by atoms with Crippen molar-refractivity contribution in [3.05, 3.63) is 77.3 Å². The van der Waals surface area contributed by atoms with Gasteiger partial charge >= 0.3 is 12.5 Å². The lowest BCUT2D eigenvalue weighted by Gasteiger charge is -2.42. The summed E-state index contributed by atoms with van der Waals surface area (Å²) in [5.74, 6) is -0.589. The van der Waals surface area contributed by atoms with E-state index in [4.69, 9.17) is 16.3 Å². The summed E-state index contributed by atoms with van der Waals surface area (Å²) in [5.41, 5.74) is 1.15. The number of benzene rings is 2. The Labute approximate surface area is 373 Å². The first-order valence-corrected chi connectivity index (χ1v) is 22.1. The van der Waals surface area contributed by atoms with E-state index in [2.05, 4.69) is 35.2 Å². The van der Waals surface area contributed by atoms with Crippen molar-refractivity contribution in [2.45, 2.75) is 77.7 Å². The van der Waals surface area contributed by atoms with Crippen LogP contribution in [0.1, 0.15) is 70.2 Å². The lowest BCUT2D eigenvalue weighted by atomic mass is 9.94. The Bertz CT molecular complexity index is 2300. The number of amides is 4. The number of halogens is 4. The number of alkyl halides is 3. The number of carbonyl (C=O) groups excluding carboxylic acids is 4. The van der Waals surface area contributed by atoms with Gasteiger partial charge in [0.1, 0.15) is 23.4 Å². The second kappa shape index (κ2) is 19.1. The summed E-state index contributed by atoms with van der Waals surface area (Å²) in [4.78, 5) is 70.2. The Hall–Kier alpha value is -5.49. The van der Waals surface area contributed by atoms with Gasteiger partial charge in [-0.05, 0) is 60.9 Å². The van der Waals surface area contributed by atoms with Crippen LogP contribution in [0.15, 0.2) is 60.9 Å². The van der Waals surface area contributed by atoms with Gasteiger partial charge in [-0.3, -0.25) is 14.4 Å². The molecule has 4 aromatic rings. The van der Waals surface area contributed by atoms with Gasteiger partial charge in [-0.2, -0.15) is 11.8 Å². The number of carbonyl (C=O) groups is 4. The second-order valence-electron chi connectivity index (χ2n) is 17.0. The third-order valence-electron chi connectivity index (χ3n) is 11.1. The van der Waals surface area contributed by atoms with E-state index >= 15 is 0 Å². The van der Waals surface area contributed by atoms with Gasteiger partial charge in [0.2, 0.25) is 11.8 Å². The number of rotatable bonds is 11. The minimum atomic E-state index is -5.08. The van der Waals surface area contributed by atoms with Crippen molar-refractivity contribution >= 4 is 58.7 Å². The molecule has 19 heteroatoms. The maximum Gasteiger partial charge on any atom is 0.573 e. The molecule has 2 fully saturated rings. The molecule has 3 N–H and O–H groups in total. The first-order chi connectivity index (χ1) is 29.7. The second-order valence-corrected chi connectivity index (χ2v) is 18.5. The first kappa shape index (κ1) is 47.0. The van der Waals surface area contributed by atoms with Crippen LogP contribution in [-0.4, -0.2) is 112 Å². The standard InChI is InChI=1S/C44H52ClF3N8O6S/c1-24(2)37(53-42(60)61-7)40(58)56-23-29(63-8)17-34(56)38-50-21-33(52-38)27-11-9-26(10-12-27)30-18-32(45)31(19-35(30)62-44(46,47)48)39(57)51-28-13-14-36(49-20-28)55-16-15-54(22-25(55)3)41(59)43(4,5)6/h9-14,18-21,24-25,29,34,37H,15-17,22-23H2,1-8H3,(H,50,52)(H,51,57)(H,53,60)/t25-,29+,34+,37+/m1/s1. The van der Waals surface area contributed by atoms with Crippen LogP contribution in [0.2, 0.25) is 5.02 Å². The maximum atomic E-state index is 13.8. The average Bonchev–Trinajstić information content (AvgIpc) is 3.90. The van der Waals surface area contributed by atoms with E-state index in [1.54, 1.807) is 59.3 Å². The molecule has 0 aliphatic carbocycles. The number of imidazole rings is 1. The fourth-order valence-corrected chi connectivity index (χ4v) is 8.71. The topological polar surface area (TPSA) is 162 Å². The van der Waals surface area contributed by atoms with Gasteiger partial charge in [0.15, 0.2) is 0 Å². The largest absolute Gasteiger partial charge is 0.573 e. The molecule has 6 rings (SSSR count). The van der Waals surface area contributed by atoms with E-state index in [9.17, 15) is 32.3 Å². The van der Waals surface area contributed by atoms with Crippen molar-refractivity contribution in [3.63, 3.8) is 0 Å². The zero-order chi connectivity index (χ0) is 46.0. The molecule has 4 atom stereocenters. The fourth-order valence-electron chi connectivity index (χ4n) is 7.78. The summed E-state index contributed by atoms with van der Waals surface area (Å²) < 4.78 is 50.6. The van der Waals surface area contributed by atoms with E-state index in [1.807, 2.05) is 52.7 Å². The quantitative estimate of drug-likeness (QED) is 0.133. The minimum Gasteiger partial charge on any atom is -0.453 e. The number of hydrogen-bond acceptors (Lipinski definition) is 10. The molecule has 4 amide bonds. The maximum absolute atomic E-state index is 13.8. The lowest BCUT2D eigenvalue weighted by molar-refractivity contribution is -0.274. The average molecular weight is 913 g/mol. The molecule has 2 aliphatic rings. The summed E-state index contributed by atoms with van der Waals surface area (Å²) in [6, 6.07) is 10.9. The predicted octanol–water partition coefficient (Wildman–Crippen LogP) is 8.41. The van der Waals surface area contributed by atoms with Crippen LogP contribution in [0, 0.1) is 11.3 Å². The van der Waals surface area contributed by atoms with E-state index in [1.165, 1.54) is 19.4 Å². The molecule has 0 unspecified atom stereocenters. The van der Waals surface area contributed by atoms with E-state index in [0.29, 0.717) is 66.8 Å². The number of thioether (sulfide) groups is 1. The van der Waals surface area contributed by atoms with Gasteiger partial charge in [-0.15, -0.1) is 13.2 Å².